The van der Waals surface area contributed by atoms with Crippen molar-refractivity contribution in [1.82, 2.24) is 5.43 Å². The van der Waals surface area contributed by atoms with Crippen LogP contribution in [0.3, 0.4) is 0 Å². The normalized spacial score (nSPS) is 10.7. The third-order valence-corrected chi connectivity index (χ3v) is 5.72. The Morgan fingerprint density at radius 1 is 1.00 bits per heavy atom. The van der Waals surface area contributed by atoms with Crippen LogP contribution in [0.15, 0.2) is 71.8 Å². The van der Waals surface area contributed by atoms with Gasteiger partial charge in [-0.2, -0.15) is 5.10 Å². The quantitative estimate of drug-likeness (QED) is 0.226. The van der Waals surface area contributed by atoms with Crippen molar-refractivity contribution in [3.8, 4) is 11.5 Å². The van der Waals surface area contributed by atoms with E-state index < -0.39 is 0 Å². The van der Waals surface area contributed by atoms with Gasteiger partial charge in [0.05, 0.1) is 20.5 Å². The van der Waals surface area contributed by atoms with Crippen molar-refractivity contribution in [3.05, 3.63) is 90.6 Å². The van der Waals surface area contributed by atoms with Gasteiger partial charge < -0.3 is 9.47 Å². The topological polar surface area (TPSA) is 59.9 Å². The lowest BCUT2D eigenvalue weighted by Gasteiger charge is -2.09. The second-order valence-electron chi connectivity index (χ2n) is 6.01. The molecule has 0 aliphatic carbocycles. The number of hydrogen-bond acceptors (Lipinski definition) is 4. The van der Waals surface area contributed by atoms with Gasteiger partial charge in [-0.1, -0.05) is 30.3 Å². The summed E-state index contributed by atoms with van der Waals surface area (Å²) >= 11 is 4.38. The van der Waals surface area contributed by atoms with Crippen LogP contribution >= 0.6 is 45.2 Å². The molecule has 7 heteroatoms. The van der Waals surface area contributed by atoms with E-state index in [9.17, 15) is 4.79 Å². The summed E-state index contributed by atoms with van der Waals surface area (Å²) in [6, 6.07) is 21.0. The van der Waals surface area contributed by atoms with E-state index in [1.807, 2.05) is 54.6 Å². The Labute approximate surface area is 196 Å². The number of amides is 1. The molecule has 0 saturated heterocycles. The van der Waals surface area contributed by atoms with Crippen LogP contribution in [0, 0.1) is 7.14 Å². The monoisotopic (exact) mass is 612 g/mol. The van der Waals surface area contributed by atoms with Crippen LogP contribution in [0.1, 0.15) is 21.5 Å². The Hall–Kier alpha value is -2.14. The van der Waals surface area contributed by atoms with Crippen molar-refractivity contribution in [1.29, 1.82) is 0 Å². The zero-order valence-corrected chi connectivity index (χ0v) is 19.9. The van der Waals surface area contributed by atoms with Crippen molar-refractivity contribution < 1.29 is 14.3 Å². The molecule has 29 heavy (non-hydrogen) atoms. The average Bonchev–Trinajstić information content (AvgIpc) is 2.74. The number of nitrogens with zero attached hydrogens (tertiary/aromatic N) is 1. The molecule has 0 unspecified atom stereocenters. The molecule has 0 fully saturated rings. The van der Waals surface area contributed by atoms with Crippen molar-refractivity contribution >= 4 is 57.3 Å². The van der Waals surface area contributed by atoms with Crippen molar-refractivity contribution in [3.63, 3.8) is 0 Å². The minimum atomic E-state index is -0.298. The van der Waals surface area contributed by atoms with Crippen LogP contribution in [0.2, 0.25) is 0 Å². The number of nitrogens with one attached hydrogen (secondary N) is 1. The van der Waals surface area contributed by atoms with E-state index >= 15 is 0 Å². The molecule has 3 rings (SSSR count). The Kier molecular flexibility index (Phi) is 7.87. The van der Waals surface area contributed by atoms with Gasteiger partial charge in [0.2, 0.25) is 0 Å². The maximum Gasteiger partial charge on any atom is 0.271 e. The zero-order chi connectivity index (χ0) is 20.6. The molecular formula is C22H18I2N2O3. The Morgan fingerprint density at radius 2 is 1.79 bits per heavy atom. The van der Waals surface area contributed by atoms with Gasteiger partial charge in [0, 0.05) is 5.56 Å². The van der Waals surface area contributed by atoms with E-state index in [0.717, 1.165) is 24.0 Å². The van der Waals surface area contributed by atoms with Crippen LogP contribution in [0.4, 0.5) is 0 Å². The van der Waals surface area contributed by atoms with Gasteiger partial charge in [-0.05, 0) is 92.7 Å². The highest BCUT2D eigenvalue weighted by Gasteiger charge is 2.08. The van der Waals surface area contributed by atoms with Gasteiger partial charge in [0.15, 0.2) is 0 Å². The Morgan fingerprint density at radius 3 is 2.52 bits per heavy atom. The van der Waals surface area contributed by atoms with Crippen LogP contribution in [0.5, 0.6) is 11.5 Å². The molecule has 1 N–H and O–H groups in total. The zero-order valence-electron chi connectivity index (χ0n) is 15.6. The smallest absolute Gasteiger partial charge is 0.271 e. The summed E-state index contributed by atoms with van der Waals surface area (Å²) in [5.41, 5.74) is 5.00. The molecule has 0 aliphatic heterocycles. The molecule has 0 atom stereocenters. The standard InChI is InChI=1S/C22H18I2N2O3/c1-28-21-12-17(8-9-18(21)23)22(27)26-25-13-16-7-10-20(19(24)11-16)29-14-15-5-3-2-4-6-15/h2-13H,14H2,1H3,(H,26,27)/b25-13-. The lowest BCUT2D eigenvalue weighted by Crippen LogP contribution is -2.17. The fraction of sp³-hybridized carbons (Fsp3) is 0.0909. The molecule has 148 valence electrons. The molecule has 0 bridgehead atoms. The molecule has 0 spiro atoms. The first kappa shape index (κ1) is 21.6. The van der Waals surface area contributed by atoms with Crippen LogP contribution in [0.25, 0.3) is 0 Å². The van der Waals surface area contributed by atoms with Gasteiger partial charge in [-0.15, -0.1) is 0 Å². The highest BCUT2D eigenvalue weighted by Crippen LogP contribution is 2.23. The van der Waals surface area contributed by atoms with Gasteiger partial charge >= 0.3 is 0 Å². The molecule has 3 aromatic rings. The third kappa shape index (κ3) is 6.17. The average molecular weight is 612 g/mol. The van der Waals surface area contributed by atoms with E-state index in [1.54, 1.807) is 25.5 Å². The number of ether oxygens (including phenoxy) is 2. The minimum absolute atomic E-state index is 0.298. The predicted molar refractivity (Wildman–Crippen MR) is 131 cm³/mol. The predicted octanol–water partition coefficient (Wildman–Crippen LogP) is 5.25. The number of methoxy groups -OCH3 is 1. The molecule has 0 aromatic heterocycles. The fourth-order valence-electron chi connectivity index (χ4n) is 2.48. The second-order valence-corrected chi connectivity index (χ2v) is 8.34. The second kappa shape index (κ2) is 10.6. The van der Waals surface area contributed by atoms with E-state index in [1.165, 1.54) is 0 Å². The Bertz CT molecular complexity index is 1020. The maximum atomic E-state index is 12.3. The lowest BCUT2D eigenvalue weighted by molar-refractivity contribution is 0.0954. The first-order valence-electron chi connectivity index (χ1n) is 8.70. The molecule has 0 saturated carbocycles. The first-order chi connectivity index (χ1) is 14.1. The van der Waals surface area contributed by atoms with Gasteiger partial charge in [0.1, 0.15) is 18.1 Å². The molecule has 5 nitrogen and oxygen atoms in total. The minimum Gasteiger partial charge on any atom is -0.496 e. The van der Waals surface area contributed by atoms with Crippen molar-refractivity contribution in [2.24, 2.45) is 5.10 Å². The van der Waals surface area contributed by atoms with Gasteiger partial charge in [0.25, 0.3) is 5.91 Å². The molecule has 0 heterocycles. The SMILES string of the molecule is COc1cc(C(=O)N/N=C\c2ccc(OCc3ccccc3)c(I)c2)ccc1I. The van der Waals surface area contributed by atoms with Gasteiger partial charge in [-0.3, -0.25) is 4.79 Å². The summed E-state index contributed by atoms with van der Waals surface area (Å²) in [7, 11) is 1.58. The summed E-state index contributed by atoms with van der Waals surface area (Å²) in [6.07, 6.45) is 1.60. The third-order valence-electron chi connectivity index (χ3n) is 3.99. The number of halogens is 2. The van der Waals surface area contributed by atoms with E-state index in [0.29, 0.717) is 17.9 Å². The summed E-state index contributed by atoms with van der Waals surface area (Å²) < 4.78 is 13.0. The molecular weight excluding hydrogens is 594 g/mol. The number of hydrazone groups is 1. The number of hydrogen-bond donors (Lipinski definition) is 1. The number of benzene rings is 3. The van der Waals surface area contributed by atoms with E-state index in [2.05, 4.69) is 55.7 Å². The number of carbonyl (C=O) groups excluding carboxylic acids is 1. The first-order valence-corrected chi connectivity index (χ1v) is 10.9. The summed E-state index contributed by atoms with van der Waals surface area (Å²) in [4.78, 5) is 12.3. The van der Waals surface area contributed by atoms with Crippen LogP contribution in [-0.4, -0.2) is 19.2 Å². The summed E-state index contributed by atoms with van der Waals surface area (Å²) in [5, 5.41) is 4.05. The molecule has 0 aliphatic rings. The molecule has 1 amide bonds. The fourth-order valence-corrected chi connectivity index (χ4v) is 3.73. The number of carbonyl (C=O) groups is 1. The molecule has 0 radical (unpaired) electrons. The lowest BCUT2D eigenvalue weighted by atomic mass is 10.2. The van der Waals surface area contributed by atoms with Crippen LogP contribution < -0.4 is 14.9 Å². The highest BCUT2D eigenvalue weighted by molar-refractivity contribution is 14.1. The van der Waals surface area contributed by atoms with Crippen molar-refractivity contribution in [2.45, 2.75) is 6.61 Å². The highest BCUT2D eigenvalue weighted by atomic mass is 127. The van der Waals surface area contributed by atoms with Crippen molar-refractivity contribution in [2.75, 3.05) is 7.11 Å². The van der Waals surface area contributed by atoms with Gasteiger partial charge in [-0.25, -0.2) is 5.43 Å². The van der Waals surface area contributed by atoms with E-state index in [-0.39, 0.29) is 5.91 Å². The molecule has 3 aromatic carbocycles. The largest absolute Gasteiger partial charge is 0.496 e. The Balaban J connectivity index is 1.59. The summed E-state index contributed by atoms with van der Waals surface area (Å²) in [5.74, 6) is 1.16. The van der Waals surface area contributed by atoms with Crippen LogP contribution in [-0.2, 0) is 6.61 Å². The maximum absolute atomic E-state index is 12.3. The van der Waals surface area contributed by atoms with E-state index in [4.69, 9.17) is 9.47 Å². The summed E-state index contributed by atoms with van der Waals surface area (Å²) in [6.45, 7) is 0.514. The number of rotatable bonds is 7.